The minimum Gasteiger partial charge on any atom is -0.456 e. The molecular formula is C69H64BN3O. The van der Waals surface area contributed by atoms with Gasteiger partial charge in [0.15, 0.2) is 0 Å². The minimum absolute atomic E-state index is 0.00794. The predicted molar refractivity (Wildman–Crippen MR) is 317 cm³/mol. The van der Waals surface area contributed by atoms with Crippen LogP contribution < -0.4 is 20.6 Å². The van der Waals surface area contributed by atoms with E-state index in [1.807, 2.05) is 0 Å². The molecular weight excluding hydrogens is 898 g/mol. The molecule has 74 heavy (non-hydrogen) atoms. The van der Waals surface area contributed by atoms with Gasteiger partial charge < -0.3 is 18.7 Å². The minimum atomic E-state index is -0.172. The first-order chi connectivity index (χ1) is 35.4. The number of furan rings is 1. The van der Waals surface area contributed by atoms with Crippen molar-refractivity contribution < 1.29 is 4.42 Å². The van der Waals surface area contributed by atoms with Crippen LogP contribution in [0, 0.1) is 6.92 Å². The summed E-state index contributed by atoms with van der Waals surface area (Å²) < 4.78 is 9.65. The van der Waals surface area contributed by atoms with Crippen molar-refractivity contribution >= 4 is 101 Å². The van der Waals surface area contributed by atoms with Crippen molar-refractivity contribution in [2.45, 2.75) is 111 Å². The quantitative estimate of drug-likeness (QED) is 0.164. The highest BCUT2D eigenvalue weighted by Crippen LogP contribution is 2.53. The van der Waals surface area contributed by atoms with Crippen LogP contribution in [-0.4, -0.2) is 11.4 Å². The van der Waals surface area contributed by atoms with Crippen molar-refractivity contribution in [3.63, 3.8) is 0 Å². The van der Waals surface area contributed by atoms with Crippen molar-refractivity contribution in [1.82, 2.24) is 4.57 Å². The lowest BCUT2D eigenvalue weighted by Gasteiger charge is -2.46. The van der Waals surface area contributed by atoms with Gasteiger partial charge in [-0.2, -0.15) is 0 Å². The molecule has 0 saturated carbocycles. The van der Waals surface area contributed by atoms with E-state index in [1.165, 1.54) is 111 Å². The van der Waals surface area contributed by atoms with Crippen LogP contribution in [0.25, 0.3) is 71.3 Å². The van der Waals surface area contributed by atoms with Crippen LogP contribution in [0.4, 0.5) is 28.4 Å². The normalized spacial score (nSPS) is 15.6. The van der Waals surface area contributed by atoms with Crippen LogP contribution in [0.1, 0.15) is 110 Å². The summed E-state index contributed by atoms with van der Waals surface area (Å²) in [5.74, 6) is 0. The average molecular weight is 962 g/mol. The molecule has 0 unspecified atom stereocenters. The zero-order valence-electron chi connectivity index (χ0n) is 44.8. The number of aromatic nitrogens is 1. The van der Waals surface area contributed by atoms with E-state index in [-0.39, 0.29) is 28.5 Å². The van der Waals surface area contributed by atoms with Crippen LogP contribution in [0.5, 0.6) is 0 Å². The Morgan fingerprint density at radius 2 is 1.14 bits per heavy atom. The number of hydrogen-bond acceptors (Lipinski definition) is 3. The van der Waals surface area contributed by atoms with Gasteiger partial charge >= 0.3 is 6.85 Å². The maximum Gasteiger partial charge on any atom is 0.333 e. The molecule has 0 radical (unpaired) electrons. The second-order valence-corrected chi connectivity index (χ2v) is 25.3. The van der Waals surface area contributed by atoms with Gasteiger partial charge in [-0.15, -0.1) is 0 Å². The summed E-state index contributed by atoms with van der Waals surface area (Å²) in [5, 5.41) is 7.40. The predicted octanol–water partition coefficient (Wildman–Crippen LogP) is 17.8. The number of aryl methyl sites for hydroxylation is 1. The monoisotopic (exact) mass is 962 g/mol. The fourth-order valence-electron chi connectivity index (χ4n) is 13.5. The third kappa shape index (κ3) is 6.41. The zero-order chi connectivity index (χ0) is 51.0. The van der Waals surface area contributed by atoms with Crippen molar-refractivity contribution in [3.05, 3.63) is 192 Å². The molecule has 0 bridgehead atoms. The Bertz CT molecular complexity index is 4120. The van der Waals surface area contributed by atoms with E-state index < -0.39 is 0 Å². The largest absolute Gasteiger partial charge is 0.456 e. The number of anilines is 5. The lowest BCUT2D eigenvalue weighted by Crippen LogP contribution is -2.60. The van der Waals surface area contributed by atoms with Gasteiger partial charge in [-0.3, -0.25) is 0 Å². The smallest absolute Gasteiger partial charge is 0.333 e. The highest BCUT2D eigenvalue weighted by molar-refractivity contribution is 6.94. The molecule has 14 rings (SSSR count). The molecule has 0 spiro atoms. The number of benzene rings is 9. The molecule has 5 heteroatoms. The zero-order valence-corrected chi connectivity index (χ0v) is 44.8. The van der Waals surface area contributed by atoms with E-state index in [9.17, 15) is 0 Å². The van der Waals surface area contributed by atoms with Gasteiger partial charge in [-0.1, -0.05) is 172 Å². The SMILES string of the molecule is Cc1cc2c(cc1N1B3c4c(cc5oc6ccccc6c5c4-n4c5ccc6ccccc6c5c5cccc3c54)-c3ccc(N(c4ccc(C(C)(C)C)cc4)c4ccc(C(C)(C)C)cc4)cc31)C(C)(C)CCC2(C)C. The molecule has 4 heterocycles. The highest BCUT2D eigenvalue weighted by atomic mass is 16.3. The van der Waals surface area contributed by atoms with Crippen LogP contribution in [0.15, 0.2) is 168 Å². The molecule has 0 N–H and O–H groups in total. The van der Waals surface area contributed by atoms with Crippen LogP contribution in [0.3, 0.4) is 0 Å². The Hall–Kier alpha value is -7.50. The summed E-state index contributed by atoms with van der Waals surface area (Å²) in [6, 6.07) is 62.7. The molecule has 0 atom stereocenters. The molecule has 0 amide bonds. The van der Waals surface area contributed by atoms with E-state index in [2.05, 4.69) is 254 Å². The maximum atomic E-state index is 7.02. The maximum absolute atomic E-state index is 7.02. The summed E-state index contributed by atoms with van der Waals surface area (Å²) in [5.41, 5.74) is 23.4. The standard InChI is InChI=1S/C69H64BN3O/c1-41-37-53-54(69(10,11)36-35-68(53,8)9)40-57(41)73-58-38-47(71(45-28-24-43(25-29-45)66(2,3)4)46-30-26-44(27-31-46)67(5,6)7)32-33-49(58)52-39-60-62(50-19-14-15-22-59(50)74-60)65-63(52)70(73)55-21-16-20-51-61-48-18-13-12-17-42(48)23-34-56(61)72(65)64(51)55/h12-34,37-40H,35-36H2,1-11H3. The van der Waals surface area contributed by atoms with Gasteiger partial charge in [0, 0.05) is 50.2 Å². The highest BCUT2D eigenvalue weighted by Gasteiger charge is 2.47. The fraction of sp³-hybridized carbons (Fsp3) is 0.246. The van der Waals surface area contributed by atoms with Crippen LogP contribution in [-0.2, 0) is 21.7 Å². The number of para-hydroxylation sites is 2. The average Bonchev–Trinajstić information content (AvgIpc) is 3.95. The molecule has 364 valence electrons. The van der Waals surface area contributed by atoms with E-state index in [0.717, 1.165) is 40.0 Å². The lowest BCUT2D eigenvalue weighted by molar-refractivity contribution is 0.332. The van der Waals surface area contributed by atoms with E-state index in [4.69, 9.17) is 4.42 Å². The summed E-state index contributed by atoms with van der Waals surface area (Å²) in [6.45, 7) is 25.8. The van der Waals surface area contributed by atoms with Gasteiger partial charge in [-0.25, -0.2) is 0 Å². The fourth-order valence-corrected chi connectivity index (χ4v) is 13.5. The second kappa shape index (κ2) is 15.3. The van der Waals surface area contributed by atoms with Gasteiger partial charge in [0.25, 0.3) is 0 Å². The van der Waals surface area contributed by atoms with E-state index in [1.54, 1.807) is 0 Å². The molecule has 1 aliphatic carbocycles. The number of hydrogen-bond donors (Lipinski definition) is 0. The number of rotatable bonds is 4. The Morgan fingerprint density at radius 1 is 0.527 bits per heavy atom. The summed E-state index contributed by atoms with van der Waals surface area (Å²) in [7, 11) is 0. The topological polar surface area (TPSA) is 24.6 Å². The lowest BCUT2D eigenvalue weighted by atomic mass is 9.43. The molecule has 0 saturated heterocycles. The van der Waals surface area contributed by atoms with Gasteiger partial charge in [0.1, 0.15) is 11.2 Å². The van der Waals surface area contributed by atoms with Crippen molar-refractivity contribution in [2.24, 2.45) is 0 Å². The molecule has 2 aliphatic heterocycles. The molecule has 2 aromatic heterocycles. The number of fused-ring (bicyclic) bond motifs is 14. The summed E-state index contributed by atoms with van der Waals surface area (Å²) in [4.78, 5) is 5.24. The Morgan fingerprint density at radius 3 is 1.81 bits per heavy atom. The van der Waals surface area contributed by atoms with Gasteiger partial charge in [-0.05, 0) is 157 Å². The first-order valence-electron chi connectivity index (χ1n) is 26.9. The molecule has 3 aliphatic rings. The van der Waals surface area contributed by atoms with Crippen LogP contribution >= 0.6 is 0 Å². The Balaban J connectivity index is 1.12. The third-order valence-electron chi connectivity index (χ3n) is 17.6. The van der Waals surface area contributed by atoms with Crippen molar-refractivity contribution in [2.75, 3.05) is 9.71 Å². The summed E-state index contributed by atoms with van der Waals surface area (Å²) >= 11 is 0. The van der Waals surface area contributed by atoms with Crippen molar-refractivity contribution in [3.8, 4) is 16.8 Å². The van der Waals surface area contributed by atoms with E-state index in [0.29, 0.717) is 0 Å². The number of nitrogens with zero attached hydrogens (tertiary/aromatic N) is 3. The van der Waals surface area contributed by atoms with Gasteiger partial charge in [0.2, 0.25) is 0 Å². The molecule has 11 aromatic rings. The molecule has 0 fully saturated rings. The second-order valence-electron chi connectivity index (χ2n) is 25.3. The van der Waals surface area contributed by atoms with Gasteiger partial charge in [0.05, 0.1) is 22.1 Å². The first kappa shape index (κ1) is 45.1. The summed E-state index contributed by atoms with van der Waals surface area (Å²) in [6.07, 6.45) is 2.31. The Labute approximate surface area is 436 Å². The van der Waals surface area contributed by atoms with Crippen molar-refractivity contribution in [1.29, 1.82) is 0 Å². The molecule has 9 aromatic carbocycles. The third-order valence-corrected chi connectivity index (χ3v) is 17.6. The Kier molecular flexibility index (Phi) is 9.33. The van der Waals surface area contributed by atoms with Crippen LogP contribution in [0.2, 0.25) is 0 Å². The van der Waals surface area contributed by atoms with E-state index >= 15 is 0 Å². The molecule has 4 nitrogen and oxygen atoms in total. The first-order valence-corrected chi connectivity index (χ1v) is 26.9.